The summed E-state index contributed by atoms with van der Waals surface area (Å²) in [5.74, 6) is 1.09. The molecule has 0 aromatic heterocycles. The monoisotopic (exact) mass is 338 g/mol. The fourth-order valence-corrected chi connectivity index (χ4v) is 3.92. The Hall–Kier alpha value is -0.0100. The number of amides is 2. The maximum Gasteiger partial charge on any atom is 0.270 e. The average molecular weight is 339 g/mol. The number of rotatable bonds is 3. The van der Waals surface area contributed by atoms with Crippen LogP contribution in [0.4, 0.5) is 0 Å². The van der Waals surface area contributed by atoms with Crippen LogP contribution in [0.1, 0.15) is 12.8 Å². The third-order valence-corrected chi connectivity index (χ3v) is 5.12. The van der Waals surface area contributed by atoms with Gasteiger partial charge in [-0.05, 0) is 18.0 Å². The lowest BCUT2D eigenvalue weighted by Crippen LogP contribution is -3.00. The van der Waals surface area contributed by atoms with Crippen LogP contribution in [0.5, 0.6) is 0 Å². The van der Waals surface area contributed by atoms with Crippen molar-refractivity contribution >= 4 is 39.7 Å². The summed E-state index contributed by atoms with van der Waals surface area (Å²) in [6.07, 6.45) is 2.85. The molecule has 2 heterocycles. The van der Waals surface area contributed by atoms with E-state index in [0.717, 1.165) is 18.8 Å². The topological polar surface area (TPSA) is 40.4 Å². The SMILES string of the molecule is CSC1=[N+](CCN2C(=O)CCC2=O)CCS1.[Br-]. The van der Waals surface area contributed by atoms with E-state index in [0.29, 0.717) is 19.4 Å². The summed E-state index contributed by atoms with van der Waals surface area (Å²) in [7, 11) is 0. The summed E-state index contributed by atoms with van der Waals surface area (Å²) in [6.45, 7) is 2.35. The van der Waals surface area contributed by atoms with Crippen molar-refractivity contribution in [3.8, 4) is 0 Å². The molecule has 1 saturated heterocycles. The molecule has 96 valence electrons. The van der Waals surface area contributed by atoms with E-state index in [9.17, 15) is 9.59 Å². The number of imide groups is 1. The Morgan fingerprint density at radius 1 is 1.35 bits per heavy atom. The Morgan fingerprint density at radius 3 is 2.59 bits per heavy atom. The fourth-order valence-electron chi connectivity index (χ4n) is 1.91. The number of nitrogens with zero attached hydrogens (tertiary/aromatic N) is 2. The van der Waals surface area contributed by atoms with E-state index >= 15 is 0 Å². The predicted octanol–water partition coefficient (Wildman–Crippen LogP) is -2.38. The second-order valence-corrected chi connectivity index (χ2v) is 5.88. The van der Waals surface area contributed by atoms with Gasteiger partial charge in [0.05, 0.1) is 12.3 Å². The fraction of sp³-hybridized carbons (Fsp3) is 0.700. The number of likely N-dealkylation sites (tertiary alicyclic amines) is 1. The molecular formula is C10H15BrN2O2S2. The first-order valence-corrected chi connectivity index (χ1v) is 7.55. The number of thioether (sulfide) groups is 2. The molecule has 0 N–H and O–H groups in total. The molecule has 0 atom stereocenters. The van der Waals surface area contributed by atoms with E-state index < -0.39 is 0 Å². The molecule has 2 amide bonds. The average Bonchev–Trinajstić information content (AvgIpc) is 2.84. The van der Waals surface area contributed by atoms with Gasteiger partial charge in [-0.25, -0.2) is 4.58 Å². The summed E-state index contributed by atoms with van der Waals surface area (Å²) in [5, 5.41) is 0. The predicted molar refractivity (Wildman–Crippen MR) is 66.9 cm³/mol. The highest BCUT2D eigenvalue weighted by molar-refractivity contribution is 8.38. The molecule has 0 aromatic carbocycles. The second kappa shape index (κ2) is 6.80. The highest BCUT2D eigenvalue weighted by Gasteiger charge is 2.31. The number of halogens is 1. The molecule has 4 nitrogen and oxygen atoms in total. The van der Waals surface area contributed by atoms with Crippen molar-refractivity contribution < 1.29 is 31.1 Å². The van der Waals surface area contributed by atoms with Gasteiger partial charge in [0.1, 0.15) is 0 Å². The normalized spacial score (nSPS) is 20.2. The molecule has 0 aliphatic carbocycles. The van der Waals surface area contributed by atoms with Crippen LogP contribution in [0.15, 0.2) is 0 Å². The molecule has 0 saturated carbocycles. The van der Waals surface area contributed by atoms with Gasteiger partial charge in [-0.3, -0.25) is 14.5 Å². The maximum absolute atomic E-state index is 11.4. The lowest BCUT2D eigenvalue weighted by atomic mass is 10.4. The van der Waals surface area contributed by atoms with E-state index in [1.54, 1.807) is 11.8 Å². The summed E-state index contributed by atoms with van der Waals surface area (Å²) < 4.78 is 3.56. The maximum atomic E-state index is 11.4. The van der Waals surface area contributed by atoms with Crippen LogP contribution in [-0.4, -0.2) is 57.3 Å². The van der Waals surface area contributed by atoms with Crippen molar-refractivity contribution in [2.75, 3.05) is 31.6 Å². The van der Waals surface area contributed by atoms with Crippen LogP contribution >= 0.6 is 23.5 Å². The van der Waals surface area contributed by atoms with Crippen LogP contribution in [-0.2, 0) is 9.59 Å². The van der Waals surface area contributed by atoms with Gasteiger partial charge in [0, 0.05) is 12.8 Å². The van der Waals surface area contributed by atoms with E-state index in [1.807, 2.05) is 11.8 Å². The van der Waals surface area contributed by atoms with E-state index in [1.165, 1.54) is 9.28 Å². The smallest absolute Gasteiger partial charge is 0.270 e. The largest absolute Gasteiger partial charge is 1.00 e. The van der Waals surface area contributed by atoms with E-state index in [4.69, 9.17) is 0 Å². The third-order valence-electron chi connectivity index (χ3n) is 2.77. The number of carbonyl (C=O) groups is 2. The highest BCUT2D eigenvalue weighted by atomic mass is 79.9. The first-order chi connectivity index (χ1) is 7.72. The molecule has 2 aliphatic heterocycles. The zero-order valence-electron chi connectivity index (χ0n) is 9.65. The van der Waals surface area contributed by atoms with Gasteiger partial charge in [0.25, 0.3) is 4.38 Å². The Labute approximate surface area is 120 Å². The van der Waals surface area contributed by atoms with Crippen molar-refractivity contribution in [3.05, 3.63) is 0 Å². The number of carbonyl (C=O) groups excluding carboxylic acids is 2. The summed E-state index contributed by atoms with van der Waals surface area (Å²) in [4.78, 5) is 24.2. The summed E-state index contributed by atoms with van der Waals surface area (Å²) in [5.41, 5.74) is 0. The summed E-state index contributed by atoms with van der Waals surface area (Å²) in [6, 6.07) is 0. The van der Waals surface area contributed by atoms with E-state index in [-0.39, 0.29) is 28.8 Å². The molecule has 0 bridgehead atoms. The minimum atomic E-state index is -0.0115. The van der Waals surface area contributed by atoms with Gasteiger partial charge in [-0.15, -0.1) is 0 Å². The van der Waals surface area contributed by atoms with Crippen molar-refractivity contribution in [1.82, 2.24) is 4.90 Å². The second-order valence-electron chi connectivity index (χ2n) is 3.74. The first-order valence-electron chi connectivity index (χ1n) is 5.34. The lowest BCUT2D eigenvalue weighted by Gasteiger charge is -2.11. The highest BCUT2D eigenvalue weighted by Crippen LogP contribution is 2.20. The van der Waals surface area contributed by atoms with E-state index in [2.05, 4.69) is 10.8 Å². The zero-order valence-corrected chi connectivity index (χ0v) is 12.9. The van der Waals surface area contributed by atoms with Crippen LogP contribution in [0, 0.1) is 0 Å². The van der Waals surface area contributed by atoms with Crippen LogP contribution in [0.3, 0.4) is 0 Å². The Balaban J connectivity index is 0.00000144. The number of hydrogen-bond donors (Lipinski definition) is 0. The molecule has 0 spiro atoms. The quantitative estimate of drug-likeness (QED) is 0.425. The van der Waals surface area contributed by atoms with Crippen molar-refractivity contribution in [1.29, 1.82) is 0 Å². The van der Waals surface area contributed by atoms with Crippen LogP contribution in [0.2, 0.25) is 0 Å². The van der Waals surface area contributed by atoms with Gasteiger partial charge in [-0.1, -0.05) is 11.8 Å². The van der Waals surface area contributed by atoms with Crippen molar-refractivity contribution in [2.24, 2.45) is 0 Å². The molecule has 0 unspecified atom stereocenters. The summed E-state index contributed by atoms with van der Waals surface area (Å²) >= 11 is 3.59. The molecule has 17 heavy (non-hydrogen) atoms. The molecule has 0 radical (unpaired) electrons. The minimum absolute atomic E-state index is 0. The standard InChI is InChI=1S/C10H15N2O2S2.BrH/c1-15-10-11(6-7-16-10)4-5-12-8(13)2-3-9(12)14;/h2-7H2,1H3;1H/q+1;/p-1. The molecule has 7 heteroatoms. The van der Waals surface area contributed by atoms with Gasteiger partial charge in [0.2, 0.25) is 11.8 Å². The Bertz CT molecular complexity index is 344. The first kappa shape index (κ1) is 15.0. The molecule has 1 fully saturated rings. The zero-order chi connectivity index (χ0) is 11.5. The minimum Gasteiger partial charge on any atom is -1.00 e. The van der Waals surface area contributed by atoms with Crippen molar-refractivity contribution in [2.45, 2.75) is 12.8 Å². The molecule has 2 rings (SSSR count). The van der Waals surface area contributed by atoms with Crippen molar-refractivity contribution in [3.63, 3.8) is 0 Å². The lowest BCUT2D eigenvalue weighted by molar-refractivity contribution is -0.514. The van der Waals surface area contributed by atoms with Crippen LogP contribution in [0.25, 0.3) is 0 Å². The van der Waals surface area contributed by atoms with Gasteiger partial charge in [-0.2, -0.15) is 0 Å². The molecule has 2 aliphatic rings. The van der Waals surface area contributed by atoms with Gasteiger partial charge < -0.3 is 17.0 Å². The van der Waals surface area contributed by atoms with Gasteiger partial charge >= 0.3 is 0 Å². The van der Waals surface area contributed by atoms with Crippen LogP contribution < -0.4 is 17.0 Å². The third kappa shape index (κ3) is 3.48. The number of hydrogen-bond acceptors (Lipinski definition) is 4. The van der Waals surface area contributed by atoms with Gasteiger partial charge in [0.15, 0.2) is 13.1 Å². The molecular weight excluding hydrogens is 324 g/mol. The molecule has 0 aromatic rings. The Kier molecular flexibility index (Phi) is 6.02. The Morgan fingerprint density at radius 2 is 2.00 bits per heavy atom.